The van der Waals surface area contributed by atoms with Gasteiger partial charge in [-0.2, -0.15) is 0 Å². The summed E-state index contributed by atoms with van der Waals surface area (Å²) in [5, 5.41) is 2.53. The fraction of sp³-hybridized carbons (Fsp3) is 0.222. The predicted octanol–water partition coefficient (Wildman–Crippen LogP) is -1.66. The van der Waals surface area contributed by atoms with Crippen molar-refractivity contribution in [1.82, 2.24) is 4.57 Å². The van der Waals surface area contributed by atoms with Crippen molar-refractivity contribution in [1.29, 1.82) is 0 Å². The minimum absolute atomic E-state index is 0.161. The van der Waals surface area contributed by atoms with Crippen LogP contribution >= 0.6 is 0 Å². The molecule has 1 aromatic rings. The minimum atomic E-state index is -0.572. The number of rotatable bonds is 4. The zero-order chi connectivity index (χ0) is 13.0. The average molecular weight is 238 g/mol. The number of aliphatic imine (C=N–C) groups is 1. The van der Waals surface area contributed by atoms with Gasteiger partial charge in [-0.05, 0) is 6.07 Å². The highest BCUT2D eigenvalue weighted by Crippen LogP contribution is 2.11. The highest BCUT2D eigenvalue weighted by molar-refractivity contribution is 5.97. The first-order chi connectivity index (χ1) is 7.90. The van der Waals surface area contributed by atoms with Gasteiger partial charge >= 0.3 is 0 Å². The van der Waals surface area contributed by atoms with Gasteiger partial charge in [0.1, 0.15) is 12.2 Å². The van der Waals surface area contributed by atoms with E-state index in [4.69, 9.17) is 17.2 Å². The molecule has 7 N–H and O–H groups in total. The van der Waals surface area contributed by atoms with E-state index in [1.54, 1.807) is 13.2 Å². The van der Waals surface area contributed by atoms with Crippen molar-refractivity contribution in [3.63, 3.8) is 0 Å². The number of nitrogens with one attached hydrogen (secondary N) is 1. The Kier molecular flexibility index (Phi) is 3.70. The number of carbonyl (C=O) groups excluding carboxylic acids is 2. The zero-order valence-electron chi connectivity index (χ0n) is 9.30. The second-order valence-electron chi connectivity index (χ2n) is 3.38. The molecule has 0 aliphatic heterocycles. The van der Waals surface area contributed by atoms with Gasteiger partial charge in [-0.3, -0.25) is 9.59 Å². The van der Waals surface area contributed by atoms with Crippen LogP contribution in [0.2, 0.25) is 0 Å². The number of nitrogens with zero attached hydrogens (tertiary/aromatic N) is 2. The van der Waals surface area contributed by atoms with Crippen LogP contribution in [-0.2, 0) is 11.8 Å². The maximum atomic E-state index is 11.4. The Balaban J connectivity index is 2.69. The number of hydrogen-bond acceptors (Lipinski definition) is 3. The Hall–Kier alpha value is -2.51. The Labute approximate surface area is 97.5 Å². The summed E-state index contributed by atoms with van der Waals surface area (Å²) in [5.74, 6) is -1.12. The largest absolute Gasteiger partial charge is 0.370 e. The summed E-state index contributed by atoms with van der Waals surface area (Å²) in [6.45, 7) is -0.177. The van der Waals surface area contributed by atoms with Crippen molar-refractivity contribution in [3.8, 4) is 0 Å². The van der Waals surface area contributed by atoms with E-state index in [0.717, 1.165) is 0 Å². The van der Waals surface area contributed by atoms with Gasteiger partial charge in [0.25, 0.3) is 5.91 Å². The first kappa shape index (κ1) is 12.6. The molecule has 0 unspecified atom stereocenters. The smallest absolute Gasteiger partial charge is 0.265 e. The van der Waals surface area contributed by atoms with Gasteiger partial charge in [0.2, 0.25) is 5.91 Å². The fourth-order valence-corrected chi connectivity index (χ4v) is 1.24. The molecular weight excluding hydrogens is 224 g/mol. The summed E-state index contributed by atoms with van der Waals surface area (Å²) in [7, 11) is 1.64. The topological polar surface area (TPSA) is 142 Å². The number of amides is 2. The molecule has 0 fully saturated rings. The number of nitrogens with two attached hydrogens (primary N) is 3. The molecule has 0 aliphatic carbocycles. The van der Waals surface area contributed by atoms with Gasteiger partial charge < -0.3 is 27.1 Å². The van der Waals surface area contributed by atoms with Crippen LogP contribution in [-0.4, -0.2) is 28.9 Å². The molecule has 0 spiro atoms. The van der Waals surface area contributed by atoms with Crippen LogP contribution in [0.3, 0.4) is 0 Å². The van der Waals surface area contributed by atoms with E-state index in [1.165, 1.54) is 10.6 Å². The SMILES string of the molecule is Cn1cc(NC(=O)CN=C(N)N)cc1C(N)=O. The van der Waals surface area contributed by atoms with E-state index in [2.05, 4.69) is 10.3 Å². The van der Waals surface area contributed by atoms with Gasteiger partial charge in [-0.15, -0.1) is 0 Å². The molecule has 0 saturated carbocycles. The van der Waals surface area contributed by atoms with Crippen molar-refractivity contribution in [3.05, 3.63) is 18.0 Å². The van der Waals surface area contributed by atoms with E-state index in [1.807, 2.05) is 0 Å². The van der Waals surface area contributed by atoms with Crippen LogP contribution < -0.4 is 22.5 Å². The molecule has 1 aromatic heterocycles. The van der Waals surface area contributed by atoms with Gasteiger partial charge in [0.15, 0.2) is 5.96 Å². The second-order valence-corrected chi connectivity index (χ2v) is 3.38. The van der Waals surface area contributed by atoms with Crippen molar-refractivity contribution >= 4 is 23.5 Å². The minimum Gasteiger partial charge on any atom is -0.370 e. The number of aryl methyl sites for hydroxylation is 1. The summed E-state index contributed by atoms with van der Waals surface area (Å²) in [6, 6.07) is 1.47. The quantitative estimate of drug-likeness (QED) is 0.367. The third kappa shape index (κ3) is 3.52. The van der Waals surface area contributed by atoms with Gasteiger partial charge in [-0.1, -0.05) is 0 Å². The molecule has 0 bridgehead atoms. The van der Waals surface area contributed by atoms with Crippen LogP contribution in [0.25, 0.3) is 0 Å². The summed E-state index contributed by atoms with van der Waals surface area (Å²) < 4.78 is 1.51. The standard InChI is InChI=1S/C9H14N6O2/c1-15-4-5(2-6(15)8(10)17)14-7(16)3-13-9(11)12/h2,4H,3H2,1H3,(H2,10,17)(H,14,16)(H4,11,12,13). The number of anilines is 1. The highest BCUT2D eigenvalue weighted by Gasteiger charge is 2.09. The van der Waals surface area contributed by atoms with Crippen molar-refractivity contribution < 1.29 is 9.59 Å². The van der Waals surface area contributed by atoms with E-state index in [0.29, 0.717) is 11.4 Å². The summed E-state index contributed by atoms with van der Waals surface area (Å²) in [6.07, 6.45) is 1.56. The van der Waals surface area contributed by atoms with E-state index in [-0.39, 0.29) is 18.4 Å². The first-order valence-electron chi connectivity index (χ1n) is 4.71. The van der Waals surface area contributed by atoms with Gasteiger partial charge in [0, 0.05) is 13.2 Å². The first-order valence-corrected chi connectivity index (χ1v) is 4.71. The summed E-state index contributed by atoms with van der Waals surface area (Å²) in [4.78, 5) is 25.9. The van der Waals surface area contributed by atoms with Crippen molar-refractivity contribution in [2.75, 3.05) is 11.9 Å². The molecule has 8 heteroatoms. The molecular formula is C9H14N6O2. The average Bonchev–Trinajstić information content (AvgIpc) is 2.56. The van der Waals surface area contributed by atoms with Crippen LogP contribution in [0.4, 0.5) is 5.69 Å². The van der Waals surface area contributed by atoms with E-state index < -0.39 is 5.91 Å². The maximum Gasteiger partial charge on any atom is 0.265 e. The lowest BCUT2D eigenvalue weighted by atomic mass is 10.4. The van der Waals surface area contributed by atoms with Crippen LogP contribution in [0, 0.1) is 0 Å². The molecule has 17 heavy (non-hydrogen) atoms. The number of hydrogen-bond donors (Lipinski definition) is 4. The normalized spacial score (nSPS) is 9.71. The summed E-state index contributed by atoms with van der Waals surface area (Å²) >= 11 is 0. The Morgan fingerprint density at radius 1 is 1.41 bits per heavy atom. The van der Waals surface area contributed by atoms with E-state index in [9.17, 15) is 9.59 Å². The molecule has 92 valence electrons. The molecule has 1 heterocycles. The lowest BCUT2D eigenvalue weighted by Crippen LogP contribution is -2.25. The maximum absolute atomic E-state index is 11.4. The van der Waals surface area contributed by atoms with Crippen molar-refractivity contribution in [2.45, 2.75) is 0 Å². The van der Waals surface area contributed by atoms with Crippen LogP contribution in [0.15, 0.2) is 17.3 Å². The molecule has 0 aromatic carbocycles. The molecule has 0 aliphatic rings. The van der Waals surface area contributed by atoms with Crippen LogP contribution in [0.5, 0.6) is 0 Å². The highest BCUT2D eigenvalue weighted by atomic mass is 16.2. The fourth-order valence-electron chi connectivity index (χ4n) is 1.24. The molecule has 1 rings (SSSR count). The van der Waals surface area contributed by atoms with Crippen molar-refractivity contribution in [2.24, 2.45) is 29.2 Å². The second kappa shape index (κ2) is 5.01. The number of primary amides is 1. The molecule has 0 radical (unpaired) electrons. The Morgan fingerprint density at radius 2 is 2.06 bits per heavy atom. The Bertz CT molecular complexity index is 472. The monoisotopic (exact) mass is 238 g/mol. The summed E-state index contributed by atoms with van der Waals surface area (Å²) in [5.41, 5.74) is 16.0. The third-order valence-corrected chi connectivity index (χ3v) is 1.95. The predicted molar refractivity (Wildman–Crippen MR) is 63.2 cm³/mol. The third-order valence-electron chi connectivity index (χ3n) is 1.95. The molecule has 0 saturated heterocycles. The lowest BCUT2D eigenvalue weighted by molar-refractivity contribution is -0.114. The molecule has 2 amide bonds. The zero-order valence-corrected chi connectivity index (χ0v) is 9.30. The molecule has 0 atom stereocenters. The number of aromatic nitrogens is 1. The Morgan fingerprint density at radius 3 is 2.53 bits per heavy atom. The van der Waals surface area contributed by atoms with Gasteiger partial charge in [-0.25, -0.2) is 4.99 Å². The van der Waals surface area contributed by atoms with Gasteiger partial charge in [0.05, 0.1) is 5.69 Å². The number of guanidine groups is 1. The molecule has 8 nitrogen and oxygen atoms in total. The number of carbonyl (C=O) groups is 2. The van der Waals surface area contributed by atoms with Crippen LogP contribution in [0.1, 0.15) is 10.5 Å². The van der Waals surface area contributed by atoms with E-state index >= 15 is 0 Å². The lowest BCUT2D eigenvalue weighted by Gasteiger charge is -1.99.